The maximum atomic E-state index is 14.0. The highest BCUT2D eigenvalue weighted by atomic mass is 19.4. The Morgan fingerprint density at radius 2 is 1.03 bits per heavy atom. The van der Waals surface area contributed by atoms with E-state index in [0.29, 0.717) is 22.3 Å². The summed E-state index contributed by atoms with van der Waals surface area (Å²) in [5, 5.41) is 0. The summed E-state index contributed by atoms with van der Waals surface area (Å²) in [6.45, 7) is -0.798. The van der Waals surface area contributed by atoms with Crippen LogP contribution in [0.25, 0.3) is 11.1 Å². The van der Waals surface area contributed by atoms with E-state index in [1.807, 2.05) is 0 Å². The number of halogens is 13. The van der Waals surface area contributed by atoms with Crippen molar-refractivity contribution in [2.24, 2.45) is 0 Å². The molecule has 0 N–H and O–H groups in total. The van der Waals surface area contributed by atoms with E-state index in [0.717, 1.165) is 0 Å². The first-order valence-electron chi connectivity index (χ1n) is 10.0. The summed E-state index contributed by atoms with van der Waals surface area (Å²) in [6, 6.07) is 12.8. The van der Waals surface area contributed by atoms with Gasteiger partial charge in [-0.3, -0.25) is 4.79 Å². The summed E-state index contributed by atoms with van der Waals surface area (Å²) in [6.07, 6.45) is -10.5. The predicted molar refractivity (Wildman–Crippen MR) is 100 cm³/mol. The largest absolute Gasteiger partial charge is 0.464 e. The van der Waals surface area contributed by atoms with E-state index >= 15 is 0 Å². The average Bonchev–Trinajstić information content (AvgIpc) is 3.10. The Balaban J connectivity index is 1.80. The van der Waals surface area contributed by atoms with Gasteiger partial charge in [-0.2, -0.15) is 57.1 Å². The molecule has 3 rings (SSSR count). The van der Waals surface area contributed by atoms with Crippen molar-refractivity contribution in [3.05, 3.63) is 59.7 Å². The summed E-state index contributed by atoms with van der Waals surface area (Å²) >= 11 is 0. The Bertz CT molecular complexity index is 1130. The lowest BCUT2D eigenvalue weighted by Crippen LogP contribution is -2.70. The molecule has 0 aromatic heterocycles. The molecular weight excluding hydrogens is 543 g/mol. The summed E-state index contributed by atoms with van der Waals surface area (Å²) in [5.41, 5.74) is 2.30. The maximum absolute atomic E-state index is 14.0. The molecule has 37 heavy (non-hydrogen) atoms. The summed E-state index contributed by atoms with van der Waals surface area (Å²) in [5.74, 6) is -41.0. The molecule has 0 saturated carbocycles. The highest BCUT2D eigenvalue weighted by molar-refractivity contribution is 5.79. The van der Waals surface area contributed by atoms with Crippen LogP contribution in [0.3, 0.4) is 0 Å². The van der Waals surface area contributed by atoms with Crippen molar-refractivity contribution in [3.8, 4) is 11.1 Å². The number of fused-ring (bicyclic) bond motifs is 3. The monoisotopic (exact) mass is 556 g/mol. The molecule has 2 nitrogen and oxygen atoms in total. The van der Waals surface area contributed by atoms with Crippen LogP contribution in [0.1, 0.15) is 23.5 Å². The third kappa shape index (κ3) is 4.29. The number of benzene rings is 2. The molecule has 0 fully saturated rings. The van der Waals surface area contributed by atoms with Gasteiger partial charge in [0.1, 0.15) is 13.0 Å². The van der Waals surface area contributed by atoms with Crippen molar-refractivity contribution in [2.75, 3.05) is 6.61 Å². The smallest absolute Gasteiger partial charge is 0.460 e. The van der Waals surface area contributed by atoms with Crippen LogP contribution in [-0.2, 0) is 9.53 Å². The van der Waals surface area contributed by atoms with Crippen molar-refractivity contribution in [1.82, 2.24) is 0 Å². The van der Waals surface area contributed by atoms with Gasteiger partial charge in [-0.1, -0.05) is 48.5 Å². The van der Waals surface area contributed by atoms with E-state index in [1.54, 1.807) is 48.5 Å². The first-order valence-corrected chi connectivity index (χ1v) is 10.0. The highest BCUT2D eigenvalue weighted by Crippen LogP contribution is 2.60. The van der Waals surface area contributed by atoms with E-state index in [-0.39, 0.29) is 0 Å². The SMILES string of the molecule is O=C(CC(F)(F)C(F)(F)C(F)(F)C(F)(F)C(F)(F)C(F)(F)F)OCC1c2ccccc2-c2ccccc21. The third-order valence-electron chi connectivity index (χ3n) is 5.74. The summed E-state index contributed by atoms with van der Waals surface area (Å²) in [7, 11) is 0. The van der Waals surface area contributed by atoms with Crippen molar-refractivity contribution < 1.29 is 66.6 Å². The summed E-state index contributed by atoms with van der Waals surface area (Å²) in [4.78, 5) is 11.8. The van der Waals surface area contributed by atoms with Crippen LogP contribution in [0.4, 0.5) is 57.1 Å². The van der Waals surface area contributed by atoms with Crippen LogP contribution in [-0.4, -0.2) is 48.4 Å². The normalized spacial score (nSPS) is 15.4. The van der Waals surface area contributed by atoms with Crippen molar-refractivity contribution in [2.45, 2.75) is 48.1 Å². The van der Waals surface area contributed by atoms with E-state index in [9.17, 15) is 61.9 Å². The number of esters is 1. The molecule has 2 aromatic rings. The van der Waals surface area contributed by atoms with Crippen LogP contribution >= 0.6 is 0 Å². The number of carbonyl (C=O) groups excluding carboxylic acids is 1. The van der Waals surface area contributed by atoms with Gasteiger partial charge in [0.15, 0.2) is 0 Å². The average molecular weight is 556 g/mol. The zero-order valence-electron chi connectivity index (χ0n) is 17.8. The molecule has 0 spiro atoms. The van der Waals surface area contributed by atoms with E-state index < -0.39 is 60.7 Å². The number of alkyl halides is 13. The third-order valence-corrected chi connectivity index (χ3v) is 5.74. The van der Waals surface area contributed by atoms with Gasteiger partial charge in [-0.15, -0.1) is 0 Å². The Kier molecular flexibility index (Phi) is 6.79. The Morgan fingerprint density at radius 3 is 1.46 bits per heavy atom. The zero-order valence-corrected chi connectivity index (χ0v) is 17.8. The minimum absolute atomic E-state index is 0.508. The second-order valence-corrected chi connectivity index (χ2v) is 8.09. The number of hydrogen-bond donors (Lipinski definition) is 0. The van der Waals surface area contributed by atoms with Gasteiger partial charge in [-0.25, -0.2) is 0 Å². The van der Waals surface area contributed by atoms with E-state index in [2.05, 4.69) is 4.74 Å². The van der Waals surface area contributed by atoms with Crippen molar-refractivity contribution in [1.29, 1.82) is 0 Å². The molecule has 0 bridgehead atoms. The molecule has 0 aliphatic heterocycles. The second kappa shape index (κ2) is 8.79. The van der Waals surface area contributed by atoms with Crippen LogP contribution in [0.15, 0.2) is 48.5 Å². The van der Waals surface area contributed by atoms with E-state index in [4.69, 9.17) is 0 Å². The lowest BCUT2D eigenvalue weighted by Gasteiger charge is -2.39. The maximum Gasteiger partial charge on any atom is 0.460 e. The number of carbonyl (C=O) groups is 1. The first kappa shape index (κ1) is 28.6. The molecule has 0 amide bonds. The van der Waals surface area contributed by atoms with Crippen molar-refractivity contribution >= 4 is 5.97 Å². The molecule has 0 radical (unpaired) electrons. The molecule has 0 saturated heterocycles. The molecule has 0 heterocycles. The Hall–Kier alpha value is -3.00. The van der Waals surface area contributed by atoms with E-state index in [1.165, 1.54) is 0 Å². The second-order valence-electron chi connectivity index (χ2n) is 8.09. The Morgan fingerprint density at radius 1 is 0.622 bits per heavy atom. The number of hydrogen-bond acceptors (Lipinski definition) is 2. The number of ether oxygens (including phenoxy) is 1. The van der Waals surface area contributed by atoms with Crippen LogP contribution in [0.2, 0.25) is 0 Å². The van der Waals surface area contributed by atoms with Gasteiger partial charge in [-0.05, 0) is 22.3 Å². The Labute approximate surface area is 199 Å². The van der Waals surface area contributed by atoms with Gasteiger partial charge in [0.05, 0.1) is 0 Å². The molecule has 1 aliphatic rings. The molecule has 15 heteroatoms. The van der Waals surface area contributed by atoms with Gasteiger partial charge in [0, 0.05) is 5.92 Å². The first-order chi connectivity index (χ1) is 16.7. The van der Waals surface area contributed by atoms with Gasteiger partial charge in [0.25, 0.3) is 0 Å². The minimum atomic E-state index is -8.02. The molecule has 2 aromatic carbocycles. The summed E-state index contributed by atoms with van der Waals surface area (Å²) < 4.78 is 176. The molecule has 1 aliphatic carbocycles. The lowest BCUT2D eigenvalue weighted by molar-refractivity contribution is -0.439. The molecule has 0 unspecified atom stereocenters. The fraction of sp³-hybridized carbons (Fsp3) is 0.409. The van der Waals surface area contributed by atoms with Crippen LogP contribution in [0.5, 0.6) is 0 Å². The standard InChI is InChI=1S/C22H13F13O2/c23-17(24,18(25,26)19(27,28)20(29,30)21(31,32)22(33,34)35)9-16(36)37-10-15-13-7-3-1-5-11(13)12-6-2-4-8-14(12)15/h1-8,15H,9-10H2. The number of rotatable bonds is 8. The minimum Gasteiger partial charge on any atom is -0.464 e. The van der Waals surface area contributed by atoms with Gasteiger partial charge < -0.3 is 4.74 Å². The van der Waals surface area contributed by atoms with Crippen molar-refractivity contribution in [3.63, 3.8) is 0 Å². The highest BCUT2D eigenvalue weighted by Gasteiger charge is 2.90. The van der Waals surface area contributed by atoms with Crippen LogP contribution < -0.4 is 0 Å². The predicted octanol–water partition coefficient (Wildman–Crippen LogP) is 7.47. The lowest BCUT2D eigenvalue weighted by atomic mass is 9.92. The molecule has 204 valence electrons. The quantitative estimate of drug-likeness (QED) is 0.249. The topological polar surface area (TPSA) is 26.3 Å². The molecule has 0 atom stereocenters. The van der Waals surface area contributed by atoms with Crippen LogP contribution in [0, 0.1) is 0 Å². The molecular formula is C22H13F13O2. The van der Waals surface area contributed by atoms with Gasteiger partial charge >= 0.3 is 41.8 Å². The van der Waals surface area contributed by atoms with Gasteiger partial charge in [0.2, 0.25) is 0 Å². The fourth-order valence-corrected chi connectivity index (χ4v) is 3.76. The fourth-order valence-electron chi connectivity index (χ4n) is 3.76. The zero-order chi connectivity index (χ0) is 28.2.